The van der Waals surface area contributed by atoms with Crippen LogP contribution in [0.25, 0.3) is 0 Å². The fraction of sp³-hybridized carbons (Fsp3) is 0.192. The van der Waals surface area contributed by atoms with Crippen molar-refractivity contribution in [2.45, 2.75) is 25.4 Å². The number of hydrogen-bond donors (Lipinski definition) is 0. The van der Waals surface area contributed by atoms with Gasteiger partial charge in [-0.05, 0) is 36.8 Å². The van der Waals surface area contributed by atoms with Crippen LogP contribution in [0.5, 0.6) is 5.75 Å². The van der Waals surface area contributed by atoms with E-state index in [0.29, 0.717) is 11.4 Å². The molecular formula is C26H24N2O4. The Hall–Kier alpha value is -3.93. The minimum Gasteiger partial charge on any atom is -0.484 e. The zero-order valence-electron chi connectivity index (χ0n) is 17.8. The van der Waals surface area contributed by atoms with Gasteiger partial charge < -0.3 is 9.64 Å². The summed E-state index contributed by atoms with van der Waals surface area (Å²) in [4.78, 5) is 42.1. The van der Waals surface area contributed by atoms with Gasteiger partial charge >= 0.3 is 0 Å². The maximum atomic E-state index is 13.3. The van der Waals surface area contributed by atoms with Crippen LogP contribution in [0.4, 0.5) is 5.69 Å². The van der Waals surface area contributed by atoms with E-state index >= 15 is 0 Å². The summed E-state index contributed by atoms with van der Waals surface area (Å²) in [6.45, 7) is 1.63. The molecule has 1 heterocycles. The van der Waals surface area contributed by atoms with Crippen molar-refractivity contribution >= 4 is 23.4 Å². The molecule has 2 unspecified atom stereocenters. The fourth-order valence-electron chi connectivity index (χ4n) is 3.97. The lowest BCUT2D eigenvalue weighted by Crippen LogP contribution is -2.48. The van der Waals surface area contributed by atoms with E-state index in [9.17, 15) is 14.4 Å². The quantitative estimate of drug-likeness (QED) is 0.534. The van der Waals surface area contributed by atoms with Crippen LogP contribution in [0.15, 0.2) is 91.0 Å². The molecule has 0 N–H and O–H groups in total. The number of hydrogen-bond acceptors (Lipinski definition) is 4. The third kappa shape index (κ3) is 4.39. The molecule has 0 radical (unpaired) electrons. The first kappa shape index (κ1) is 21.3. The van der Waals surface area contributed by atoms with Gasteiger partial charge in [0.2, 0.25) is 5.91 Å². The van der Waals surface area contributed by atoms with E-state index < -0.39 is 18.0 Å². The highest BCUT2D eigenvalue weighted by Gasteiger charge is 2.46. The maximum absolute atomic E-state index is 13.3. The molecule has 0 aliphatic carbocycles. The monoisotopic (exact) mass is 428 g/mol. The van der Waals surface area contributed by atoms with E-state index in [0.717, 1.165) is 5.56 Å². The number of anilines is 1. The van der Waals surface area contributed by atoms with Crippen LogP contribution < -0.4 is 9.64 Å². The summed E-state index contributed by atoms with van der Waals surface area (Å²) in [6, 6.07) is 26.0. The molecule has 32 heavy (non-hydrogen) atoms. The molecule has 1 saturated heterocycles. The standard InChI is InChI=1S/C26H24N2O4/c1-19(20-11-5-2-6-12-20)27(25(30)18-32-22-15-9-4-10-16-22)23-17-24(29)28(26(23)31)21-13-7-3-8-14-21/h2-16,19,23H,17-18H2,1H3. The Kier molecular flexibility index (Phi) is 6.31. The van der Waals surface area contributed by atoms with Crippen LogP contribution in [-0.4, -0.2) is 35.3 Å². The molecule has 3 amide bonds. The second-order valence-electron chi connectivity index (χ2n) is 7.61. The van der Waals surface area contributed by atoms with Crippen molar-refractivity contribution in [2.24, 2.45) is 0 Å². The number of carbonyl (C=O) groups excluding carboxylic acids is 3. The first-order valence-electron chi connectivity index (χ1n) is 10.5. The molecule has 0 saturated carbocycles. The Morgan fingerprint density at radius 2 is 1.50 bits per heavy atom. The molecule has 6 nitrogen and oxygen atoms in total. The summed E-state index contributed by atoms with van der Waals surface area (Å²) in [7, 11) is 0. The van der Waals surface area contributed by atoms with Crippen molar-refractivity contribution in [1.82, 2.24) is 4.90 Å². The van der Waals surface area contributed by atoms with Gasteiger partial charge in [-0.15, -0.1) is 0 Å². The lowest BCUT2D eigenvalue weighted by atomic mass is 10.0. The molecule has 162 valence electrons. The van der Waals surface area contributed by atoms with Crippen LogP contribution in [0.1, 0.15) is 24.9 Å². The van der Waals surface area contributed by atoms with Gasteiger partial charge in [0.05, 0.1) is 18.2 Å². The summed E-state index contributed by atoms with van der Waals surface area (Å²) < 4.78 is 5.67. The number of nitrogens with zero attached hydrogens (tertiary/aromatic N) is 2. The molecule has 0 bridgehead atoms. The molecule has 6 heteroatoms. The number of imide groups is 1. The molecule has 4 rings (SSSR count). The number of benzene rings is 3. The average molecular weight is 428 g/mol. The third-order valence-electron chi connectivity index (χ3n) is 5.57. The SMILES string of the molecule is CC(c1ccccc1)N(C(=O)COc1ccccc1)C1CC(=O)N(c2ccccc2)C1=O. The normalized spacial score (nSPS) is 16.7. The summed E-state index contributed by atoms with van der Waals surface area (Å²) in [5, 5.41) is 0. The smallest absolute Gasteiger partial charge is 0.261 e. The van der Waals surface area contributed by atoms with Crippen molar-refractivity contribution in [3.63, 3.8) is 0 Å². The molecule has 0 aromatic heterocycles. The molecule has 2 atom stereocenters. The van der Waals surface area contributed by atoms with Gasteiger partial charge in [0, 0.05) is 0 Å². The number of para-hydroxylation sites is 2. The first-order chi connectivity index (χ1) is 15.6. The number of carbonyl (C=O) groups is 3. The van der Waals surface area contributed by atoms with Crippen LogP contribution in [0.3, 0.4) is 0 Å². The van der Waals surface area contributed by atoms with Crippen molar-refractivity contribution in [2.75, 3.05) is 11.5 Å². The van der Waals surface area contributed by atoms with Crippen molar-refractivity contribution in [1.29, 1.82) is 0 Å². The molecular weight excluding hydrogens is 404 g/mol. The lowest BCUT2D eigenvalue weighted by Gasteiger charge is -2.33. The Balaban J connectivity index is 1.62. The number of amides is 3. The van der Waals surface area contributed by atoms with E-state index in [-0.39, 0.29) is 24.8 Å². The van der Waals surface area contributed by atoms with Crippen LogP contribution in [0, 0.1) is 0 Å². The largest absolute Gasteiger partial charge is 0.484 e. The minimum atomic E-state index is -0.898. The summed E-state index contributed by atoms with van der Waals surface area (Å²) in [6.07, 6.45) is -0.0675. The highest BCUT2D eigenvalue weighted by atomic mass is 16.5. The second-order valence-corrected chi connectivity index (χ2v) is 7.61. The Labute approximate surface area is 187 Å². The van der Waals surface area contributed by atoms with Gasteiger partial charge in [-0.2, -0.15) is 0 Å². The van der Waals surface area contributed by atoms with Gasteiger partial charge in [0.15, 0.2) is 6.61 Å². The van der Waals surface area contributed by atoms with Gasteiger partial charge in [-0.25, -0.2) is 4.90 Å². The predicted molar refractivity (Wildman–Crippen MR) is 121 cm³/mol. The van der Waals surface area contributed by atoms with Crippen molar-refractivity contribution < 1.29 is 19.1 Å². The zero-order valence-corrected chi connectivity index (χ0v) is 17.8. The van der Waals surface area contributed by atoms with Crippen LogP contribution in [0.2, 0.25) is 0 Å². The highest BCUT2D eigenvalue weighted by Crippen LogP contribution is 2.31. The summed E-state index contributed by atoms with van der Waals surface area (Å²) in [5.74, 6) is -0.524. The van der Waals surface area contributed by atoms with Gasteiger partial charge in [-0.1, -0.05) is 66.7 Å². The molecule has 1 aliphatic rings. The third-order valence-corrected chi connectivity index (χ3v) is 5.57. The van der Waals surface area contributed by atoms with E-state index in [1.165, 1.54) is 9.80 Å². The topological polar surface area (TPSA) is 66.9 Å². The van der Waals surface area contributed by atoms with Crippen LogP contribution >= 0.6 is 0 Å². The molecule has 0 spiro atoms. The Morgan fingerprint density at radius 3 is 2.12 bits per heavy atom. The van der Waals surface area contributed by atoms with E-state index in [1.54, 1.807) is 36.4 Å². The summed E-state index contributed by atoms with van der Waals surface area (Å²) >= 11 is 0. The lowest BCUT2D eigenvalue weighted by molar-refractivity contribution is -0.142. The van der Waals surface area contributed by atoms with Crippen molar-refractivity contribution in [3.8, 4) is 5.75 Å². The van der Waals surface area contributed by atoms with Crippen molar-refractivity contribution in [3.05, 3.63) is 96.6 Å². The van der Waals surface area contributed by atoms with Gasteiger partial charge in [0.25, 0.3) is 11.8 Å². The highest BCUT2D eigenvalue weighted by molar-refractivity contribution is 6.23. The minimum absolute atomic E-state index is 0.0675. The van der Waals surface area contributed by atoms with E-state index in [1.807, 2.05) is 61.5 Å². The fourth-order valence-corrected chi connectivity index (χ4v) is 3.97. The molecule has 1 fully saturated rings. The zero-order chi connectivity index (χ0) is 22.5. The van der Waals surface area contributed by atoms with Gasteiger partial charge in [-0.3, -0.25) is 14.4 Å². The van der Waals surface area contributed by atoms with Gasteiger partial charge in [0.1, 0.15) is 11.8 Å². The molecule has 3 aromatic carbocycles. The van der Waals surface area contributed by atoms with E-state index in [4.69, 9.17) is 4.74 Å². The second kappa shape index (κ2) is 9.47. The van der Waals surface area contributed by atoms with Crippen LogP contribution in [-0.2, 0) is 14.4 Å². The Bertz CT molecular complexity index is 1090. The predicted octanol–water partition coefficient (Wildman–Crippen LogP) is 3.99. The Morgan fingerprint density at radius 1 is 0.938 bits per heavy atom. The maximum Gasteiger partial charge on any atom is 0.261 e. The molecule has 3 aromatic rings. The number of rotatable bonds is 7. The summed E-state index contributed by atoms with van der Waals surface area (Å²) in [5.41, 5.74) is 1.38. The molecule has 1 aliphatic heterocycles. The first-order valence-corrected chi connectivity index (χ1v) is 10.5. The average Bonchev–Trinajstić information content (AvgIpc) is 3.13. The number of ether oxygens (including phenoxy) is 1. The van der Waals surface area contributed by atoms with E-state index in [2.05, 4.69) is 0 Å².